The Bertz CT molecular complexity index is 689. The SMILES string of the molecule is CC(CNS(=O)(=O)c1ccc(Br)c(F)c1)c1nccs1. The molecule has 1 aromatic heterocycles. The highest BCUT2D eigenvalue weighted by Crippen LogP contribution is 2.20. The largest absolute Gasteiger partial charge is 0.249 e. The highest BCUT2D eigenvalue weighted by Gasteiger charge is 2.18. The van der Waals surface area contributed by atoms with Crippen LogP contribution in [0.5, 0.6) is 0 Å². The quantitative estimate of drug-likeness (QED) is 0.869. The number of nitrogens with zero attached hydrogens (tertiary/aromatic N) is 1. The first-order valence-electron chi connectivity index (χ1n) is 5.74. The van der Waals surface area contributed by atoms with E-state index in [-0.39, 0.29) is 21.8 Å². The summed E-state index contributed by atoms with van der Waals surface area (Å²) in [5.41, 5.74) is 0. The zero-order valence-corrected chi connectivity index (χ0v) is 13.7. The molecule has 0 bridgehead atoms. The molecule has 1 unspecified atom stereocenters. The summed E-state index contributed by atoms with van der Waals surface area (Å²) in [6, 6.07) is 3.71. The fourth-order valence-electron chi connectivity index (χ4n) is 1.53. The molecule has 8 heteroatoms. The van der Waals surface area contributed by atoms with Crippen LogP contribution in [0.15, 0.2) is 39.1 Å². The average molecular weight is 379 g/mol. The predicted molar refractivity (Wildman–Crippen MR) is 79.8 cm³/mol. The molecule has 0 amide bonds. The van der Waals surface area contributed by atoms with Crippen molar-refractivity contribution in [1.82, 2.24) is 9.71 Å². The van der Waals surface area contributed by atoms with Crippen LogP contribution in [0, 0.1) is 5.82 Å². The van der Waals surface area contributed by atoms with Gasteiger partial charge in [-0.05, 0) is 34.1 Å². The minimum atomic E-state index is -3.72. The Morgan fingerprint density at radius 3 is 2.85 bits per heavy atom. The molecule has 108 valence electrons. The van der Waals surface area contributed by atoms with E-state index in [1.807, 2.05) is 12.3 Å². The van der Waals surface area contributed by atoms with E-state index in [0.717, 1.165) is 11.1 Å². The number of rotatable bonds is 5. The Hall–Kier alpha value is -0.830. The third kappa shape index (κ3) is 3.63. The van der Waals surface area contributed by atoms with E-state index in [2.05, 4.69) is 25.6 Å². The predicted octanol–water partition coefficient (Wildman–Crippen LogP) is 3.13. The summed E-state index contributed by atoms with van der Waals surface area (Å²) < 4.78 is 40.2. The van der Waals surface area contributed by atoms with Crippen molar-refractivity contribution in [3.63, 3.8) is 0 Å². The van der Waals surface area contributed by atoms with Gasteiger partial charge in [-0.15, -0.1) is 11.3 Å². The molecule has 1 atom stereocenters. The van der Waals surface area contributed by atoms with Crippen LogP contribution < -0.4 is 4.72 Å². The Kier molecular flexibility index (Phi) is 4.90. The number of halogens is 2. The Morgan fingerprint density at radius 1 is 1.50 bits per heavy atom. The van der Waals surface area contributed by atoms with Crippen LogP contribution in [0.1, 0.15) is 17.8 Å². The summed E-state index contributed by atoms with van der Waals surface area (Å²) >= 11 is 4.46. The summed E-state index contributed by atoms with van der Waals surface area (Å²) in [5, 5.41) is 2.69. The first-order valence-corrected chi connectivity index (χ1v) is 8.90. The van der Waals surface area contributed by atoms with E-state index in [4.69, 9.17) is 0 Å². The van der Waals surface area contributed by atoms with Gasteiger partial charge in [0.2, 0.25) is 10.0 Å². The van der Waals surface area contributed by atoms with Gasteiger partial charge in [0.05, 0.1) is 14.4 Å². The molecule has 4 nitrogen and oxygen atoms in total. The molecular weight excluding hydrogens is 367 g/mol. The molecule has 0 radical (unpaired) electrons. The topological polar surface area (TPSA) is 59.1 Å². The first-order chi connectivity index (χ1) is 9.40. The fraction of sp³-hybridized carbons (Fsp3) is 0.250. The van der Waals surface area contributed by atoms with Crippen LogP contribution in [0.2, 0.25) is 0 Å². The minimum absolute atomic E-state index is 0.0370. The lowest BCUT2D eigenvalue weighted by Gasteiger charge is -2.11. The van der Waals surface area contributed by atoms with Gasteiger partial charge in [-0.3, -0.25) is 0 Å². The number of nitrogens with one attached hydrogen (secondary N) is 1. The van der Waals surface area contributed by atoms with Gasteiger partial charge < -0.3 is 0 Å². The summed E-state index contributed by atoms with van der Waals surface area (Å²) in [6.45, 7) is 2.09. The zero-order chi connectivity index (χ0) is 14.8. The number of benzene rings is 1. The van der Waals surface area contributed by atoms with Crippen molar-refractivity contribution in [3.8, 4) is 0 Å². The molecule has 2 rings (SSSR count). The van der Waals surface area contributed by atoms with Crippen molar-refractivity contribution < 1.29 is 12.8 Å². The molecule has 0 saturated carbocycles. The second-order valence-corrected chi connectivity index (χ2v) is 7.75. The molecule has 0 aliphatic carbocycles. The second-order valence-electron chi connectivity index (χ2n) is 4.20. The first kappa shape index (κ1) is 15.6. The van der Waals surface area contributed by atoms with Crippen LogP contribution in [0.3, 0.4) is 0 Å². The minimum Gasteiger partial charge on any atom is -0.249 e. The standard InChI is InChI=1S/C12H12BrFN2O2S2/c1-8(12-15-4-5-19-12)7-16-20(17,18)9-2-3-10(13)11(14)6-9/h2-6,8,16H,7H2,1H3. The number of hydrogen-bond donors (Lipinski definition) is 1. The van der Waals surface area contributed by atoms with Gasteiger partial charge in [0.15, 0.2) is 0 Å². The maximum absolute atomic E-state index is 13.4. The molecule has 0 fully saturated rings. The van der Waals surface area contributed by atoms with Gasteiger partial charge in [0, 0.05) is 24.0 Å². The molecule has 1 heterocycles. The maximum atomic E-state index is 13.4. The lowest BCUT2D eigenvalue weighted by atomic mass is 10.2. The van der Waals surface area contributed by atoms with E-state index in [1.54, 1.807) is 6.20 Å². The molecule has 0 saturated heterocycles. The third-order valence-electron chi connectivity index (χ3n) is 2.65. The van der Waals surface area contributed by atoms with Gasteiger partial charge in [-0.25, -0.2) is 22.5 Å². The van der Waals surface area contributed by atoms with E-state index in [1.165, 1.54) is 23.5 Å². The molecule has 2 aromatic rings. The van der Waals surface area contributed by atoms with Gasteiger partial charge >= 0.3 is 0 Å². The lowest BCUT2D eigenvalue weighted by Crippen LogP contribution is -2.27. The monoisotopic (exact) mass is 378 g/mol. The van der Waals surface area contributed by atoms with Crippen LogP contribution in [-0.4, -0.2) is 19.9 Å². The second kappa shape index (κ2) is 6.30. The van der Waals surface area contributed by atoms with Crippen LogP contribution >= 0.6 is 27.3 Å². The van der Waals surface area contributed by atoms with Crippen molar-refractivity contribution in [2.75, 3.05) is 6.54 Å². The Morgan fingerprint density at radius 2 is 2.25 bits per heavy atom. The normalized spacial score (nSPS) is 13.3. The van der Waals surface area contributed by atoms with Crippen molar-refractivity contribution in [2.45, 2.75) is 17.7 Å². The molecular formula is C12H12BrFN2O2S2. The molecule has 20 heavy (non-hydrogen) atoms. The fourth-order valence-corrected chi connectivity index (χ4v) is 3.61. The number of hydrogen-bond acceptors (Lipinski definition) is 4. The summed E-state index contributed by atoms with van der Waals surface area (Å²) in [5.74, 6) is -0.647. The van der Waals surface area contributed by atoms with Crippen molar-refractivity contribution in [2.24, 2.45) is 0 Å². The average Bonchev–Trinajstić information content (AvgIpc) is 2.93. The van der Waals surface area contributed by atoms with Gasteiger partial charge in [0.25, 0.3) is 0 Å². The molecule has 1 aromatic carbocycles. The summed E-state index contributed by atoms with van der Waals surface area (Å²) in [4.78, 5) is 4.04. The third-order valence-corrected chi connectivity index (χ3v) is 5.73. The Balaban J connectivity index is 2.09. The van der Waals surface area contributed by atoms with Crippen LogP contribution in [0.25, 0.3) is 0 Å². The maximum Gasteiger partial charge on any atom is 0.240 e. The molecule has 0 aliphatic rings. The highest BCUT2D eigenvalue weighted by atomic mass is 79.9. The number of aromatic nitrogens is 1. The van der Waals surface area contributed by atoms with Crippen LogP contribution in [0.4, 0.5) is 4.39 Å². The van der Waals surface area contributed by atoms with Gasteiger partial charge in [-0.2, -0.15) is 0 Å². The van der Waals surface area contributed by atoms with Crippen molar-refractivity contribution in [3.05, 3.63) is 45.1 Å². The van der Waals surface area contributed by atoms with Crippen LogP contribution in [-0.2, 0) is 10.0 Å². The number of thiazole rings is 1. The molecule has 1 N–H and O–H groups in total. The van der Waals surface area contributed by atoms with Gasteiger partial charge in [0.1, 0.15) is 5.82 Å². The highest BCUT2D eigenvalue weighted by molar-refractivity contribution is 9.10. The van der Waals surface area contributed by atoms with E-state index in [0.29, 0.717) is 0 Å². The van der Waals surface area contributed by atoms with E-state index >= 15 is 0 Å². The smallest absolute Gasteiger partial charge is 0.240 e. The molecule has 0 spiro atoms. The van der Waals surface area contributed by atoms with Crippen molar-refractivity contribution in [1.29, 1.82) is 0 Å². The Labute approximate surface area is 129 Å². The van der Waals surface area contributed by atoms with E-state index < -0.39 is 15.8 Å². The lowest BCUT2D eigenvalue weighted by molar-refractivity contribution is 0.570. The zero-order valence-electron chi connectivity index (χ0n) is 10.5. The van der Waals surface area contributed by atoms with E-state index in [9.17, 15) is 12.8 Å². The van der Waals surface area contributed by atoms with Crippen molar-refractivity contribution >= 4 is 37.3 Å². The molecule has 0 aliphatic heterocycles. The van der Waals surface area contributed by atoms with Gasteiger partial charge in [-0.1, -0.05) is 6.92 Å². The summed E-state index contributed by atoms with van der Waals surface area (Å²) in [6.07, 6.45) is 1.68. The number of sulfonamides is 1. The summed E-state index contributed by atoms with van der Waals surface area (Å²) in [7, 11) is -3.72.